The van der Waals surface area contributed by atoms with Crippen molar-refractivity contribution in [2.75, 3.05) is 0 Å². The molecule has 2 aromatic carbocycles. The van der Waals surface area contributed by atoms with E-state index in [1.807, 2.05) is 38.4 Å². The molecule has 0 saturated carbocycles. The van der Waals surface area contributed by atoms with Gasteiger partial charge in [-0.15, -0.1) is 0 Å². The topological polar surface area (TPSA) is 29.9 Å². The van der Waals surface area contributed by atoms with Crippen molar-refractivity contribution in [1.29, 1.82) is 0 Å². The molecule has 0 fully saturated rings. The van der Waals surface area contributed by atoms with E-state index in [4.69, 9.17) is 4.42 Å². The van der Waals surface area contributed by atoms with Crippen LogP contribution in [0.25, 0.3) is 44.5 Å². The molecule has 0 saturated heterocycles. The van der Waals surface area contributed by atoms with Crippen LogP contribution in [0.5, 0.6) is 0 Å². The van der Waals surface area contributed by atoms with Crippen LogP contribution in [0.2, 0.25) is 0 Å². The smallest absolute Gasteiger partial charge is 0.227 e. The van der Waals surface area contributed by atoms with Crippen LogP contribution in [-0.2, 0) is 7.05 Å². The van der Waals surface area contributed by atoms with Crippen molar-refractivity contribution in [2.24, 2.45) is 7.05 Å². The van der Waals surface area contributed by atoms with Crippen LogP contribution >= 0.6 is 0 Å². The molecule has 4 heteroatoms. The van der Waals surface area contributed by atoms with Crippen molar-refractivity contribution in [3.63, 3.8) is 0 Å². The van der Waals surface area contributed by atoms with Crippen molar-refractivity contribution in [3.8, 4) is 22.4 Å². The van der Waals surface area contributed by atoms with Crippen molar-refractivity contribution in [1.82, 2.24) is 4.98 Å². The number of pyridine rings is 2. The molecule has 3 heterocycles. The van der Waals surface area contributed by atoms with E-state index in [1.54, 1.807) is 12.1 Å². The number of furan rings is 1. The maximum Gasteiger partial charge on any atom is 0.227 e. The van der Waals surface area contributed by atoms with E-state index in [1.165, 1.54) is 6.07 Å². The SMILES string of the molecule is Cc1ccc2c(n1)oc1c(-c3cc(-c4cccc(F)c4)cc[n+]3C)c(C)ccc12. The number of nitrogens with zero attached hydrogens (tertiary/aromatic N) is 2. The molecule has 0 bridgehead atoms. The van der Waals surface area contributed by atoms with Gasteiger partial charge in [-0.3, -0.25) is 0 Å². The van der Waals surface area contributed by atoms with E-state index in [2.05, 4.69) is 40.7 Å². The number of hydrogen-bond donors (Lipinski definition) is 0. The molecule has 3 nitrogen and oxygen atoms in total. The third-order valence-corrected chi connectivity index (χ3v) is 5.42. The summed E-state index contributed by atoms with van der Waals surface area (Å²) in [6.07, 6.45) is 2.00. The number of benzene rings is 2. The van der Waals surface area contributed by atoms with Gasteiger partial charge in [0.25, 0.3) is 0 Å². The third-order valence-electron chi connectivity index (χ3n) is 5.42. The molecule has 0 N–H and O–H groups in total. The Bertz CT molecular complexity index is 1400. The van der Waals surface area contributed by atoms with Crippen LogP contribution < -0.4 is 4.57 Å². The molecule has 0 spiro atoms. The molecule has 0 aliphatic heterocycles. The van der Waals surface area contributed by atoms with Crippen LogP contribution in [0.1, 0.15) is 11.3 Å². The summed E-state index contributed by atoms with van der Waals surface area (Å²) < 4.78 is 22.1. The Morgan fingerprint density at radius 3 is 2.52 bits per heavy atom. The molecule has 3 aromatic heterocycles. The second-order valence-electron chi connectivity index (χ2n) is 7.46. The molecule has 0 aliphatic carbocycles. The zero-order valence-electron chi connectivity index (χ0n) is 16.5. The van der Waals surface area contributed by atoms with Gasteiger partial charge in [0.05, 0.1) is 5.56 Å². The Morgan fingerprint density at radius 2 is 1.69 bits per heavy atom. The highest BCUT2D eigenvalue weighted by atomic mass is 19.1. The second kappa shape index (κ2) is 6.52. The van der Waals surface area contributed by atoms with Gasteiger partial charge in [-0.05, 0) is 54.8 Å². The minimum absolute atomic E-state index is 0.241. The van der Waals surface area contributed by atoms with Gasteiger partial charge < -0.3 is 4.42 Å². The fraction of sp³-hybridized carbons (Fsp3) is 0.120. The van der Waals surface area contributed by atoms with Gasteiger partial charge in [0.1, 0.15) is 12.9 Å². The van der Waals surface area contributed by atoms with Crippen LogP contribution in [-0.4, -0.2) is 4.98 Å². The van der Waals surface area contributed by atoms with Crippen molar-refractivity contribution >= 4 is 22.1 Å². The highest BCUT2D eigenvalue weighted by Gasteiger charge is 2.21. The Morgan fingerprint density at radius 1 is 0.897 bits per heavy atom. The van der Waals surface area contributed by atoms with E-state index in [0.29, 0.717) is 5.71 Å². The number of fused-ring (bicyclic) bond motifs is 3. The summed E-state index contributed by atoms with van der Waals surface area (Å²) in [6.45, 7) is 4.04. The molecule has 5 aromatic rings. The molecule has 0 amide bonds. The lowest BCUT2D eigenvalue weighted by Crippen LogP contribution is -2.30. The van der Waals surface area contributed by atoms with Gasteiger partial charge in [-0.25, -0.2) is 13.9 Å². The fourth-order valence-corrected chi connectivity index (χ4v) is 3.90. The van der Waals surface area contributed by atoms with Crippen LogP contribution in [0.3, 0.4) is 0 Å². The fourth-order valence-electron chi connectivity index (χ4n) is 3.90. The van der Waals surface area contributed by atoms with Gasteiger partial charge >= 0.3 is 0 Å². The van der Waals surface area contributed by atoms with Gasteiger partial charge in [-0.1, -0.05) is 24.3 Å². The minimum atomic E-state index is -0.241. The van der Waals surface area contributed by atoms with E-state index < -0.39 is 0 Å². The van der Waals surface area contributed by atoms with Crippen molar-refractivity contribution < 1.29 is 13.4 Å². The highest BCUT2D eigenvalue weighted by molar-refractivity contribution is 6.08. The summed E-state index contributed by atoms with van der Waals surface area (Å²) in [5, 5.41) is 2.06. The maximum absolute atomic E-state index is 13.8. The highest BCUT2D eigenvalue weighted by Crippen LogP contribution is 2.37. The normalized spacial score (nSPS) is 11.4. The van der Waals surface area contributed by atoms with Crippen LogP contribution in [0, 0.1) is 19.7 Å². The summed E-state index contributed by atoms with van der Waals surface area (Å²) in [6, 6.07) is 19.0. The lowest BCUT2D eigenvalue weighted by molar-refractivity contribution is -0.660. The lowest BCUT2D eigenvalue weighted by atomic mass is 9.98. The number of rotatable bonds is 2. The Labute approximate surface area is 168 Å². The van der Waals surface area contributed by atoms with E-state index >= 15 is 0 Å². The molecular weight excluding hydrogens is 363 g/mol. The van der Waals surface area contributed by atoms with E-state index in [0.717, 1.165) is 50.0 Å². The minimum Gasteiger partial charge on any atom is -0.437 e. The molecule has 142 valence electrons. The molecule has 5 rings (SSSR count). The standard InChI is InChI=1S/C25H20FN2O/c1-15-7-9-20-21-10-8-16(2)27-25(21)29-24(20)23(15)22-14-18(11-12-28(22)3)17-5-4-6-19(26)13-17/h4-14H,1-3H3/q+1. The van der Waals surface area contributed by atoms with Gasteiger partial charge in [-0.2, -0.15) is 0 Å². The molecule has 0 aliphatic rings. The molecule has 0 radical (unpaired) electrons. The van der Waals surface area contributed by atoms with Crippen LogP contribution in [0.4, 0.5) is 4.39 Å². The monoisotopic (exact) mass is 383 g/mol. The first-order chi connectivity index (χ1) is 14.0. The second-order valence-corrected chi connectivity index (χ2v) is 7.46. The quantitative estimate of drug-likeness (QED) is 0.356. The number of halogens is 1. The zero-order chi connectivity index (χ0) is 20.1. The third kappa shape index (κ3) is 2.88. The largest absolute Gasteiger partial charge is 0.437 e. The molecular formula is C25H20FN2O+. The average Bonchev–Trinajstić information content (AvgIpc) is 3.06. The van der Waals surface area contributed by atoms with Crippen LogP contribution in [0.15, 0.2) is 71.3 Å². The predicted octanol–water partition coefficient (Wildman–Crippen LogP) is 5.90. The van der Waals surface area contributed by atoms with Gasteiger partial charge in [0.15, 0.2) is 11.8 Å². The first kappa shape index (κ1) is 17.6. The summed E-state index contributed by atoms with van der Waals surface area (Å²) in [5.41, 5.74) is 7.34. The predicted molar refractivity (Wildman–Crippen MR) is 113 cm³/mol. The zero-order valence-corrected chi connectivity index (χ0v) is 16.5. The van der Waals surface area contributed by atoms with Gasteiger partial charge in [0, 0.05) is 28.6 Å². The van der Waals surface area contributed by atoms with E-state index in [-0.39, 0.29) is 5.82 Å². The van der Waals surface area contributed by atoms with Crippen molar-refractivity contribution in [3.05, 3.63) is 83.9 Å². The number of hydrogen-bond acceptors (Lipinski definition) is 2. The molecule has 29 heavy (non-hydrogen) atoms. The Hall–Kier alpha value is -3.53. The number of aromatic nitrogens is 2. The summed E-state index contributed by atoms with van der Waals surface area (Å²) in [7, 11) is 2.01. The molecule has 0 unspecified atom stereocenters. The van der Waals surface area contributed by atoms with Crippen molar-refractivity contribution in [2.45, 2.75) is 13.8 Å². The van der Waals surface area contributed by atoms with Gasteiger partial charge in [0.2, 0.25) is 11.4 Å². The lowest BCUT2D eigenvalue weighted by Gasteiger charge is -2.08. The van der Waals surface area contributed by atoms with E-state index in [9.17, 15) is 4.39 Å². The summed E-state index contributed by atoms with van der Waals surface area (Å²) >= 11 is 0. The summed E-state index contributed by atoms with van der Waals surface area (Å²) in [5.74, 6) is -0.241. The average molecular weight is 383 g/mol. The maximum atomic E-state index is 13.8. The molecule has 0 atom stereocenters. The first-order valence-electron chi connectivity index (χ1n) is 9.57. The summed E-state index contributed by atoms with van der Waals surface area (Å²) in [4.78, 5) is 4.56. The Kier molecular flexibility index (Phi) is 3.95. The Balaban J connectivity index is 1.80. The first-order valence-corrected chi connectivity index (χ1v) is 9.57. The number of aryl methyl sites for hydroxylation is 3.